The van der Waals surface area contributed by atoms with Gasteiger partial charge in [-0.2, -0.15) is 0 Å². The van der Waals surface area contributed by atoms with Crippen LogP contribution in [0.15, 0.2) is 6.33 Å². The molecule has 7 nitrogen and oxygen atoms in total. The van der Waals surface area contributed by atoms with E-state index >= 15 is 0 Å². The largest absolute Gasteiger partial charge is 0.461 e. The third kappa shape index (κ3) is 2.96. The minimum Gasteiger partial charge on any atom is -0.461 e. The Kier molecular flexibility index (Phi) is 4.08. The van der Waals surface area contributed by atoms with Crippen molar-refractivity contribution in [2.45, 2.75) is 26.3 Å². The molecule has 0 aromatic carbocycles. The number of hydrogen-bond donors (Lipinski definition) is 2. The molecule has 0 saturated heterocycles. The average Bonchev–Trinajstić information content (AvgIpc) is 2.59. The summed E-state index contributed by atoms with van der Waals surface area (Å²) in [6, 6.07) is -0.247. The van der Waals surface area contributed by atoms with Gasteiger partial charge in [0.25, 0.3) is 0 Å². The van der Waals surface area contributed by atoms with Crippen molar-refractivity contribution in [2.75, 3.05) is 12.3 Å². The number of nitrogen functional groups attached to an aromatic ring is 1. The molecule has 7 heteroatoms. The van der Waals surface area contributed by atoms with Crippen molar-refractivity contribution in [1.29, 1.82) is 0 Å². The van der Waals surface area contributed by atoms with Crippen LogP contribution in [-0.2, 0) is 9.53 Å². The van der Waals surface area contributed by atoms with Crippen molar-refractivity contribution >= 4 is 17.7 Å². The number of anilines is 1. The summed E-state index contributed by atoms with van der Waals surface area (Å²) in [4.78, 5) is 26.1. The Morgan fingerprint density at radius 2 is 2.24 bits per heavy atom. The van der Waals surface area contributed by atoms with Gasteiger partial charge < -0.3 is 20.8 Å². The van der Waals surface area contributed by atoms with Gasteiger partial charge in [0, 0.05) is 12.5 Å². The third-order valence-corrected chi connectivity index (χ3v) is 2.27. The number of primary amides is 1. The summed E-state index contributed by atoms with van der Waals surface area (Å²) >= 11 is 0. The first-order valence-electron chi connectivity index (χ1n) is 5.25. The van der Waals surface area contributed by atoms with Crippen LogP contribution in [0.3, 0.4) is 0 Å². The summed E-state index contributed by atoms with van der Waals surface area (Å²) in [6.07, 6.45) is 1.53. The van der Waals surface area contributed by atoms with E-state index in [1.807, 2.05) is 0 Å². The molecule has 1 aromatic heterocycles. The Bertz CT molecular complexity index is 427. The summed E-state index contributed by atoms with van der Waals surface area (Å²) in [6.45, 7) is 3.71. The zero-order valence-electron chi connectivity index (χ0n) is 9.84. The number of ether oxygens (including phenoxy) is 1. The number of carbonyl (C=O) groups excluding carboxylic acids is 2. The number of carbonyl (C=O) groups is 2. The van der Waals surface area contributed by atoms with Crippen LogP contribution in [0, 0.1) is 0 Å². The van der Waals surface area contributed by atoms with Crippen LogP contribution in [0.4, 0.5) is 5.82 Å². The summed E-state index contributed by atoms with van der Waals surface area (Å²) < 4.78 is 6.32. The monoisotopic (exact) mass is 240 g/mol. The van der Waals surface area contributed by atoms with E-state index in [2.05, 4.69) is 4.98 Å². The maximum atomic E-state index is 11.5. The molecule has 1 rings (SSSR count). The molecule has 1 aromatic rings. The van der Waals surface area contributed by atoms with Crippen LogP contribution in [0.1, 0.15) is 36.8 Å². The van der Waals surface area contributed by atoms with Crippen LogP contribution >= 0.6 is 0 Å². The summed E-state index contributed by atoms with van der Waals surface area (Å²) in [5.74, 6) is -0.837. The molecule has 0 aliphatic carbocycles. The first kappa shape index (κ1) is 13.0. The number of aromatic nitrogens is 2. The highest BCUT2D eigenvalue weighted by Crippen LogP contribution is 2.19. The first-order valence-corrected chi connectivity index (χ1v) is 5.25. The minimum atomic E-state index is -0.574. The topological polar surface area (TPSA) is 113 Å². The molecule has 17 heavy (non-hydrogen) atoms. The van der Waals surface area contributed by atoms with Crippen molar-refractivity contribution in [2.24, 2.45) is 5.73 Å². The smallest absolute Gasteiger partial charge is 0.360 e. The van der Waals surface area contributed by atoms with Crippen LogP contribution in [0.25, 0.3) is 0 Å². The van der Waals surface area contributed by atoms with E-state index in [0.717, 1.165) is 0 Å². The van der Waals surface area contributed by atoms with E-state index in [-0.39, 0.29) is 30.6 Å². The maximum Gasteiger partial charge on any atom is 0.360 e. The quantitative estimate of drug-likeness (QED) is 0.707. The van der Waals surface area contributed by atoms with Gasteiger partial charge in [0.05, 0.1) is 12.9 Å². The van der Waals surface area contributed by atoms with Gasteiger partial charge in [0.15, 0.2) is 5.69 Å². The Morgan fingerprint density at radius 1 is 1.59 bits per heavy atom. The van der Waals surface area contributed by atoms with Crippen LogP contribution in [0.2, 0.25) is 0 Å². The summed E-state index contributed by atoms with van der Waals surface area (Å²) in [5.41, 5.74) is 10.9. The predicted molar refractivity (Wildman–Crippen MR) is 61.1 cm³/mol. The van der Waals surface area contributed by atoms with Gasteiger partial charge in [-0.15, -0.1) is 0 Å². The Balaban J connectivity index is 2.90. The molecule has 0 radical (unpaired) electrons. The van der Waals surface area contributed by atoms with Crippen molar-refractivity contribution in [3.05, 3.63) is 12.0 Å². The highest BCUT2D eigenvalue weighted by molar-refractivity contribution is 5.92. The van der Waals surface area contributed by atoms with Gasteiger partial charge in [-0.25, -0.2) is 9.78 Å². The van der Waals surface area contributed by atoms with Crippen LogP contribution in [0.5, 0.6) is 0 Å². The van der Waals surface area contributed by atoms with E-state index in [1.165, 1.54) is 10.9 Å². The van der Waals surface area contributed by atoms with Gasteiger partial charge in [-0.1, -0.05) is 0 Å². The number of esters is 1. The fourth-order valence-electron chi connectivity index (χ4n) is 1.47. The molecule has 0 bridgehead atoms. The number of amides is 1. The lowest BCUT2D eigenvalue weighted by Crippen LogP contribution is -2.18. The van der Waals surface area contributed by atoms with E-state index < -0.39 is 11.9 Å². The molecule has 1 heterocycles. The molecule has 0 spiro atoms. The average molecular weight is 240 g/mol. The molecular formula is C10H16N4O3. The zero-order chi connectivity index (χ0) is 13.0. The third-order valence-electron chi connectivity index (χ3n) is 2.27. The minimum absolute atomic E-state index is 0.0585. The van der Waals surface area contributed by atoms with Gasteiger partial charge in [0.2, 0.25) is 5.91 Å². The number of hydrogen-bond acceptors (Lipinski definition) is 5. The van der Waals surface area contributed by atoms with E-state index in [0.29, 0.717) is 0 Å². The van der Waals surface area contributed by atoms with Gasteiger partial charge in [-0.05, 0) is 13.8 Å². The molecule has 0 fully saturated rings. The number of nitrogens with two attached hydrogens (primary N) is 2. The van der Waals surface area contributed by atoms with Crippen molar-refractivity contribution in [3.8, 4) is 0 Å². The lowest BCUT2D eigenvalue weighted by Gasteiger charge is -2.12. The number of nitrogens with zero attached hydrogens (tertiary/aromatic N) is 2. The maximum absolute atomic E-state index is 11.5. The molecule has 1 amide bonds. The van der Waals surface area contributed by atoms with Crippen molar-refractivity contribution in [3.63, 3.8) is 0 Å². The number of imidazole rings is 1. The predicted octanol–water partition coefficient (Wildman–Crippen LogP) is 0.0784. The molecule has 0 aliphatic rings. The second-order valence-electron chi connectivity index (χ2n) is 3.63. The molecule has 0 saturated carbocycles. The second-order valence-corrected chi connectivity index (χ2v) is 3.63. The second kappa shape index (κ2) is 5.33. The summed E-state index contributed by atoms with van der Waals surface area (Å²) in [5, 5.41) is 0. The fraction of sp³-hybridized carbons (Fsp3) is 0.500. The van der Waals surface area contributed by atoms with E-state index in [4.69, 9.17) is 16.2 Å². The molecular weight excluding hydrogens is 224 g/mol. The normalized spacial score (nSPS) is 12.1. The van der Waals surface area contributed by atoms with Gasteiger partial charge in [-0.3, -0.25) is 4.79 Å². The Labute approximate surface area is 98.7 Å². The standard InChI is InChI=1S/C10H16N4O3/c1-3-17-10(16)8-9(12)14(5-13-8)6(2)4-7(11)15/h5-6H,3-4,12H2,1-2H3,(H2,11,15). The van der Waals surface area contributed by atoms with E-state index in [1.54, 1.807) is 13.8 Å². The highest BCUT2D eigenvalue weighted by atomic mass is 16.5. The summed E-state index contributed by atoms with van der Waals surface area (Å²) in [7, 11) is 0. The highest BCUT2D eigenvalue weighted by Gasteiger charge is 2.19. The fourth-order valence-corrected chi connectivity index (χ4v) is 1.47. The van der Waals surface area contributed by atoms with Gasteiger partial charge >= 0.3 is 5.97 Å². The van der Waals surface area contributed by atoms with Crippen molar-refractivity contribution < 1.29 is 14.3 Å². The Morgan fingerprint density at radius 3 is 2.76 bits per heavy atom. The lowest BCUT2D eigenvalue weighted by molar-refractivity contribution is -0.118. The van der Waals surface area contributed by atoms with Crippen LogP contribution < -0.4 is 11.5 Å². The van der Waals surface area contributed by atoms with E-state index in [9.17, 15) is 9.59 Å². The molecule has 0 aliphatic heterocycles. The number of rotatable bonds is 5. The first-order chi connectivity index (χ1) is 7.97. The lowest BCUT2D eigenvalue weighted by atomic mass is 10.2. The Hall–Kier alpha value is -2.05. The molecule has 1 atom stereocenters. The van der Waals surface area contributed by atoms with Gasteiger partial charge in [0.1, 0.15) is 5.82 Å². The molecule has 94 valence electrons. The van der Waals surface area contributed by atoms with Crippen molar-refractivity contribution in [1.82, 2.24) is 9.55 Å². The SMILES string of the molecule is CCOC(=O)c1ncn(C(C)CC(N)=O)c1N. The molecule has 4 N–H and O–H groups in total. The van der Waals surface area contributed by atoms with Crippen LogP contribution in [-0.4, -0.2) is 28.0 Å². The molecule has 1 unspecified atom stereocenters. The zero-order valence-corrected chi connectivity index (χ0v) is 9.84.